The molecule has 2 aromatic heterocycles. The molecule has 0 aliphatic heterocycles. The molecule has 0 unspecified atom stereocenters. The summed E-state index contributed by atoms with van der Waals surface area (Å²) in [7, 11) is 1.96. The Kier molecular flexibility index (Phi) is 9.78. The van der Waals surface area contributed by atoms with E-state index in [2.05, 4.69) is 62.1 Å². The maximum atomic E-state index is 4.68. The van der Waals surface area contributed by atoms with E-state index in [1.807, 2.05) is 35.5 Å². The number of benzene rings is 1. The van der Waals surface area contributed by atoms with Crippen molar-refractivity contribution in [3.8, 4) is 5.69 Å². The summed E-state index contributed by atoms with van der Waals surface area (Å²) >= 11 is 0. The van der Waals surface area contributed by atoms with E-state index in [1.165, 1.54) is 5.56 Å². The number of hydrogen-bond acceptors (Lipinski definition) is 4. The number of guanidine groups is 1. The fourth-order valence-electron chi connectivity index (χ4n) is 2.86. The SMILES string of the molecule is CCCCNC(=NCc1nnc(C)n1C)NCCc1ccc(-n2cccn2)cc1.I. The Labute approximate surface area is 195 Å². The Morgan fingerprint density at radius 2 is 1.87 bits per heavy atom. The molecular weight excluding hydrogens is 491 g/mol. The molecule has 0 aliphatic carbocycles. The average Bonchev–Trinajstić information content (AvgIpc) is 3.38. The lowest BCUT2D eigenvalue weighted by Crippen LogP contribution is -2.39. The van der Waals surface area contributed by atoms with Gasteiger partial charge in [-0.3, -0.25) is 0 Å². The van der Waals surface area contributed by atoms with E-state index < -0.39 is 0 Å². The van der Waals surface area contributed by atoms with Crippen molar-refractivity contribution in [3.63, 3.8) is 0 Å². The van der Waals surface area contributed by atoms with Gasteiger partial charge in [-0.15, -0.1) is 34.2 Å². The van der Waals surface area contributed by atoms with Crippen molar-refractivity contribution in [2.24, 2.45) is 12.0 Å². The van der Waals surface area contributed by atoms with Crippen LogP contribution in [0, 0.1) is 6.92 Å². The predicted octanol–water partition coefficient (Wildman–Crippen LogP) is 3.01. The van der Waals surface area contributed by atoms with E-state index >= 15 is 0 Å². The van der Waals surface area contributed by atoms with Crippen LogP contribution in [0.2, 0.25) is 0 Å². The molecule has 8 nitrogen and oxygen atoms in total. The Bertz CT molecular complexity index is 900. The van der Waals surface area contributed by atoms with Gasteiger partial charge in [-0.2, -0.15) is 5.10 Å². The summed E-state index contributed by atoms with van der Waals surface area (Å²) in [6.07, 6.45) is 6.90. The minimum Gasteiger partial charge on any atom is -0.356 e. The topological polar surface area (TPSA) is 85.0 Å². The van der Waals surface area contributed by atoms with Gasteiger partial charge in [0.05, 0.1) is 5.69 Å². The van der Waals surface area contributed by atoms with E-state index in [0.29, 0.717) is 6.54 Å². The van der Waals surface area contributed by atoms with Crippen LogP contribution in [0.1, 0.15) is 37.0 Å². The quantitative estimate of drug-likeness (QED) is 0.195. The zero-order valence-electron chi connectivity index (χ0n) is 17.9. The molecule has 30 heavy (non-hydrogen) atoms. The van der Waals surface area contributed by atoms with Gasteiger partial charge < -0.3 is 15.2 Å². The van der Waals surface area contributed by atoms with Crippen LogP contribution in [0.25, 0.3) is 5.69 Å². The molecule has 0 saturated carbocycles. The zero-order chi connectivity index (χ0) is 20.5. The number of halogens is 1. The summed E-state index contributed by atoms with van der Waals surface area (Å²) in [6, 6.07) is 10.4. The second kappa shape index (κ2) is 12.3. The first-order valence-electron chi connectivity index (χ1n) is 10.1. The molecule has 9 heteroatoms. The van der Waals surface area contributed by atoms with Crippen molar-refractivity contribution in [3.05, 3.63) is 59.9 Å². The minimum atomic E-state index is 0. The van der Waals surface area contributed by atoms with Crippen LogP contribution in [-0.2, 0) is 20.0 Å². The van der Waals surface area contributed by atoms with Crippen LogP contribution in [0.5, 0.6) is 0 Å². The van der Waals surface area contributed by atoms with Gasteiger partial charge in [0.25, 0.3) is 0 Å². The molecule has 3 rings (SSSR count). The van der Waals surface area contributed by atoms with E-state index in [-0.39, 0.29) is 24.0 Å². The van der Waals surface area contributed by atoms with Crippen molar-refractivity contribution in [2.45, 2.75) is 39.7 Å². The molecule has 162 valence electrons. The van der Waals surface area contributed by atoms with Crippen molar-refractivity contribution in [1.29, 1.82) is 0 Å². The van der Waals surface area contributed by atoms with Crippen molar-refractivity contribution < 1.29 is 0 Å². The molecule has 0 aliphatic rings. The van der Waals surface area contributed by atoms with Crippen LogP contribution < -0.4 is 10.6 Å². The largest absolute Gasteiger partial charge is 0.356 e. The Balaban J connectivity index is 0.00000320. The Morgan fingerprint density at radius 1 is 1.10 bits per heavy atom. The van der Waals surface area contributed by atoms with Gasteiger partial charge in [0.1, 0.15) is 12.4 Å². The summed E-state index contributed by atoms with van der Waals surface area (Å²) in [5.74, 6) is 2.56. The number of hydrogen-bond donors (Lipinski definition) is 2. The average molecular weight is 522 g/mol. The van der Waals surface area contributed by atoms with Crippen LogP contribution in [0.4, 0.5) is 0 Å². The van der Waals surface area contributed by atoms with E-state index in [1.54, 1.807) is 6.20 Å². The van der Waals surface area contributed by atoms with E-state index in [4.69, 9.17) is 0 Å². The summed E-state index contributed by atoms with van der Waals surface area (Å²) in [5.41, 5.74) is 2.33. The number of unbranched alkanes of at least 4 members (excludes halogenated alkanes) is 1. The number of aromatic nitrogens is 5. The zero-order valence-corrected chi connectivity index (χ0v) is 20.2. The van der Waals surface area contributed by atoms with Gasteiger partial charge in [-0.1, -0.05) is 25.5 Å². The molecule has 0 saturated heterocycles. The minimum absolute atomic E-state index is 0. The maximum absolute atomic E-state index is 4.68. The molecule has 0 atom stereocenters. The highest BCUT2D eigenvalue weighted by Gasteiger charge is 2.05. The number of nitrogens with one attached hydrogen (secondary N) is 2. The monoisotopic (exact) mass is 522 g/mol. The van der Waals surface area contributed by atoms with Crippen LogP contribution in [0.15, 0.2) is 47.7 Å². The first-order valence-corrected chi connectivity index (χ1v) is 10.1. The summed E-state index contributed by atoms with van der Waals surface area (Å²) in [5, 5.41) is 19.4. The predicted molar refractivity (Wildman–Crippen MR) is 130 cm³/mol. The van der Waals surface area contributed by atoms with Crippen LogP contribution in [-0.4, -0.2) is 43.6 Å². The molecule has 1 aromatic carbocycles. The van der Waals surface area contributed by atoms with E-state index in [0.717, 1.165) is 55.6 Å². The molecule has 2 N–H and O–H groups in total. The maximum Gasteiger partial charge on any atom is 0.191 e. The molecule has 3 aromatic rings. The molecule has 2 heterocycles. The number of aryl methyl sites for hydroxylation is 1. The van der Waals surface area contributed by atoms with Gasteiger partial charge in [0.15, 0.2) is 11.8 Å². The third-order valence-corrected chi connectivity index (χ3v) is 4.80. The third-order valence-electron chi connectivity index (χ3n) is 4.80. The van der Waals surface area contributed by atoms with Crippen molar-refractivity contribution in [2.75, 3.05) is 13.1 Å². The molecule has 0 fully saturated rings. The van der Waals surface area contributed by atoms with Gasteiger partial charge in [-0.25, -0.2) is 9.67 Å². The highest BCUT2D eigenvalue weighted by molar-refractivity contribution is 14.0. The first kappa shape index (κ1) is 23.8. The second-order valence-electron chi connectivity index (χ2n) is 6.96. The molecule has 0 radical (unpaired) electrons. The van der Waals surface area contributed by atoms with Crippen LogP contribution in [0.3, 0.4) is 0 Å². The number of aliphatic imine (C=N–C) groups is 1. The van der Waals surface area contributed by atoms with Crippen LogP contribution >= 0.6 is 24.0 Å². The highest BCUT2D eigenvalue weighted by atomic mass is 127. The lowest BCUT2D eigenvalue weighted by molar-refractivity contribution is 0.714. The Morgan fingerprint density at radius 3 is 2.50 bits per heavy atom. The molecule has 0 bridgehead atoms. The molecule has 0 spiro atoms. The Hall–Kier alpha value is -2.43. The van der Waals surface area contributed by atoms with Gasteiger partial charge in [0, 0.05) is 32.5 Å². The second-order valence-corrected chi connectivity index (χ2v) is 6.96. The smallest absolute Gasteiger partial charge is 0.191 e. The molecule has 0 amide bonds. The molecular formula is C21H31IN8. The third kappa shape index (κ3) is 6.82. The standard InChI is InChI=1S/C21H30N8.HI/c1-4-5-12-22-21(24-16-20-27-26-17(2)28(20)3)23-14-11-18-7-9-19(10-8-18)29-15-6-13-25-29;/h6-10,13,15H,4-5,11-12,14,16H2,1-3H3,(H2,22,23,24);1H. The number of nitrogens with zero attached hydrogens (tertiary/aromatic N) is 6. The first-order chi connectivity index (χ1) is 14.2. The highest BCUT2D eigenvalue weighted by Crippen LogP contribution is 2.08. The normalized spacial score (nSPS) is 11.2. The fourth-order valence-corrected chi connectivity index (χ4v) is 2.86. The summed E-state index contributed by atoms with van der Waals surface area (Å²) < 4.78 is 3.83. The van der Waals surface area contributed by atoms with Gasteiger partial charge in [0.2, 0.25) is 0 Å². The lowest BCUT2D eigenvalue weighted by atomic mass is 10.1. The van der Waals surface area contributed by atoms with Crippen molar-refractivity contribution >= 4 is 29.9 Å². The van der Waals surface area contributed by atoms with Gasteiger partial charge in [-0.05, 0) is 43.5 Å². The lowest BCUT2D eigenvalue weighted by Gasteiger charge is -2.12. The summed E-state index contributed by atoms with van der Waals surface area (Å²) in [6.45, 7) is 6.32. The van der Waals surface area contributed by atoms with Gasteiger partial charge >= 0.3 is 0 Å². The van der Waals surface area contributed by atoms with E-state index in [9.17, 15) is 0 Å². The van der Waals surface area contributed by atoms with Crippen molar-refractivity contribution in [1.82, 2.24) is 35.2 Å². The number of rotatable bonds is 9. The summed E-state index contributed by atoms with van der Waals surface area (Å²) in [4.78, 5) is 4.68. The fraction of sp³-hybridized carbons (Fsp3) is 0.429.